The van der Waals surface area contributed by atoms with Gasteiger partial charge < -0.3 is 9.84 Å². The number of hydrogen-bond acceptors (Lipinski definition) is 4. The number of carbonyl (C=O) groups is 1. The lowest BCUT2D eigenvalue weighted by atomic mass is 10.0. The minimum Gasteiger partial charge on any atom is -0.469 e. The molecule has 4 heteroatoms. The first-order valence-electron chi connectivity index (χ1n) is 3.59. The topological polar surface area (TPSA) is 46.5 Å². The Labute approximate surface area is 70.1 Å². The molecule has 1 N–H and O–H groups in total. The van der Waals surface area contributed by atoms with E-state index in [-0.39, 0.29) is 11.9 Å². The van der Waals surface area contributed by atoms with Gasteiger partial charge in [0, 0.05) is 5.75 Å². The quantitative estimate of drug-likeness (QED) is 0.583. The molecule has 0 aromatic carbocycles. The van der Waals surface area contributed by atoms with Crippen LogP contribution in [0.15, 0.2) is 0 Å². The van der Waals surface area contributed by atoms with Crippen LogP contribution in [0, 0.1) is 5.92 Å². The van der Waals surface area contributed by atoms with Crippen LogP contribution in [-0.2, 0) is 9.53 Å². The fraction of sp³-hybridized carbons (Fsp3) is 0.857. The standard InChI is InChI=1S/C7H12O3S/c1-10-7(9)5-4-11-3-2-6(5)8/h5-6,8H,2-4H2,1H3/t5-,6-/m1/s1. The Morgan fingerprint density at radius 1 is 1.73 bits per heavy atom. The lowest BCUT2D eigenvalue weighted by Gasteiger charge is -2.24. The molecule has 1 saturated heterocycles. The fourth-order valence-electron chi connectivity index (χ4n) is 1.10. The van der Waals surface area contributed by atoms with E-state index in [2.05, 4.69) is 4.74 Å². The van der Waals surface area contributed by atoms with E-state index in [0.29, 0.717) is 12.2 Å². The summed E-state index contributed by atoms with van der Waals surface area (Å²) in [6.07, 6.45) is 0.202. The summed E-state index contributed by atoms with van der Waals surface area (Å²) in [4.78, 5) is 11.0. The molecular weight excluding hydrogens is 164 g/mol. The van der Waals surface area contributed by atoms with Gasteiger partial charge in [-0.2, -0.15) is 11.8 Å². The second kappa shape index (κ2) is 3.97. The summed E-state index contributed by atoms with van der Waals surface area (Å²) in [7, 11) is 1.36. The molecule has 0 unspecified atom stereocenters. The second-order valence-electron chi connectivity index (χ2n) is 2.56. The Balaban J connectivity index is 2.47. The van der Waals surface area contributed by atoms with E-state index in [0.717, 1.165) is 5.75 Å². The number of carbonyl (C=O) groups excluding carboxylic acids is 1. The number of aliphatic hydroxyl groups is 1. The molecule has 64 valence electrons. The van der Waals surface area contributed by atoms with Crippen molar-refractivity contribution >= 4 is 17.7 Å². The lowest BCUT2D eigenvalue weighted by molar-refractivity contribution is -0.148. The van der Waals surface area contributed by atoms with Gasteiger partial charge in [0.25, 0.3) is 0 Å². The zero-order valence-corrected chi connectivity index (χ0v) is 7.26. The summed E-state index contributed by atoms with van der Waals surface area (Å²) in [5.74, 6) is 1.03. The van der Waals surface area contributed by atoms with Gasteiger partial charge in [0.05, 0.1) is 19.1 Å². The van der Waals surface area contributed by atoms with Crippen molar-refractivity contribution in [1.82, 2.24) is 0 Å². The van der Waals surface area contributed by atoms with E-state index in [1.54, 1.807) is 11.8 Å². The van der Waals surface area contributed by atoms with Gasteiger partial charge in [0.15, 0.2) is 0 Å². The third-order valence-electron chi connectivity index (χ3n) is 1.82. The highest BCUT2D eigenvalue weighted by molar-refractivity contribution is 7.99. The molecule has 3 nitrogen and oxygen atoms in total. The third-order valence-corrected chi connectivity index (χ3v) is 2.94. The number of rotatable bonds is 1. The van der Waals surface area contributed by atoms with Gasteiger partial charge >= 0.3 is 5.97 Å². The molecule has 0 aromatic rings. The van der Waals surface area contributed by atoms with Crippen LogP contribution < -0.4 is 0 Å². The van der Waals surface area contributed by atoms with E-state index in [1.165, 1.54) is 7.11 Å². The summed E-state index contributed by atoms with van der Waals surface area (Å²) < 4.78 is 4.55. The first-order valence-corrected chi connectivity index (χ1v) is 4.75. The minimum absolute atomic E-state index is 0.287. The molecule has 1 fully saturated rings. The second-order valence-corrected chi connectivity index (χ2v) is 3.71. The molecule has 1 aliphatic heterocycles. The van der Waals surface area contributed by atoms with Crippen LogP contribution in [0.5, 0.6) is 0 Å². The molecule has 11 heavy (non-hydrogen) atoms. The SMILES string of the molecule is COC(=O)[C@@H]1CSCC[C@H]1O. The van der Waals surface area contributed by atoms with Gasteiger partial charge in [-0.1, -0.05) is 0 Å². The number of ether oxygens (including phenoxy) is 1. The van der Waals surface area contributed by atoms with Crippen LogP contribution in [0.25, 0.3) is 0 Å². The Kier molecular flexibility index (Phi) is 3.20. The highest BCUT2D eigenvalue weighted by atomic mass is 32.2. The molecule has 0 radical (unpaired) electrons. The average molecular weight is 176 g/mol. The van der Waals surface area contributed by atoms with Crippen molar-refractivity contribution < 1.29 is 14.6 Å². The van der Waals surface area contributed by atoms with E-state index >= 15 is 0 Å². The van der Waals surface area contributed by atoms with Crippen LogP contribution in [0.4, 0.5) is 0 Å². The van der Waals surface area contributed by atoms with Crippen molar-refractivity contribution in [2.45, 2.75) is 12.5 Å². The molecular formula is C7H12O3S. The highest BCUT2D eigenvalue weighted by Crippen LogP contribution is 2.23. The van der Waals surface area contributed by atoms with Crippen LogP contribution >= 0.6 is 11.8 Å². The Hall–Kier alpha value is -0.220. The molecule has 1 rings (SSSR count). The van der Waals surface area contributed by atoms with Crippen molar-refractivity contribution in [1.29, 1.82) is 0 Å². The van der Waals surface area contributed by atoms with E-state index in [1.807, 2.05) is 0 Å². The first kappa shape index (κ1) is 8.87. The lowest BCUT2D eigenvalue weighted by Crippen LogP contribution is -2.34. The Bertz CT molecular complexity index is 149. The van der Waals surface area contributed by atoms with Crippen molar-refractivity contribution in [3.63, 3.8) is 0 Å². The molecule has 0 bridgehead atoms. The van der Waals surface area contributed by atoms with Gasteiger partial charge in [-0.25, -0.2) is 0 Å². The van der Waals surface area contributed by atoms with E-state index < -0.39 is 6.10 Å². The Morgan fingerprint density at radius 3 is 3.00 bits per heavy atom. The zero-order valence-electron chi connectivity index (χ0n) is 6.45. The number of methoxy groups -OCH3 is 1. The van der Waals surface area contributed by atoms with Gasteiger partial charge in [-0.15, -0.1) is 0 Å². The Morgan fingerprint density at radius 2 is 2.45 bits per heavy atom. The van der Waals surface area contributed by atoms with Gasteiger partial charge in [0.1, 0.15) is 0 Å². The smallest absolute Gasteiger partial charge is 0.312 e. The van der Waals surface area contributed by atoms with Gasteiger partial charge in [-0.3, -0.25) is 4.79 Å². The normalized spacial score (nSPS) is 31.5. The number of thioether (sulfide) groups is 1. The average Bonchev–Trinajstić information content (AvgIpc) is 2.04. The van der Waals surface area contributed by atoms with E-state index in [9.17, 15) is 9.90 Å². The summed E-state index contributed by atoms with van der Waals surface area (Å²) in [5.41, 5.74) is 0. The van der Waals surface area contributed by atoms with Crippen molar-refractivity contribution in [3.8, 4) is 0 Å². The molecule has 1 aliphatic rings. The van der Waals surface area contributed by atoms with Crippen molar-refractivity contribution in [2.24, 2.45) is 5.92 Å². The van der Waals surface area contributed by atoms with Gasteiger partial charge in [-0.05, 0) is 12.2 Å². The highest BCUT2D eigenvalue weighted by Gasteiger charge is 2.30. The molecule has 0 spiro atoms. The fourth-order valence-corrected chi connectivity index (χ4v) is 2.29. The predicted octanol–water partition coefficient (Wildman–Crippen LogP) is 0.273. The van der Waals surface area contributed by atoms with Crippen LogP contribution in [0.2, 0.25) is 0 Å². The zero-order chi connectivity index (χ0) is 8.27. The first-order chi connectivity index (χ1) is 5.25. The molecule has 2 atom stereocenters. The maximum absolute atomic E-state index is 11.0. The van der Waals surface area contributed by atoms with E-state index in [4.69, 9.17) is 0 Å². The summed E-state index contributed by atoms with van der Waals surface area (Å²) >= 11 is 1.69. The monoisotopic (exact) mass is 176 g/mol. The number of hydrogen-bond donors (Lipinski definition) is 1. The molecule has 0 aromatic heterocycles. The van der Waals surface area contributed by atoms with Crippen LogP contribution in [0.1, 0.15) is 6.42 Å². The molecule has 0 aliphatic carbocycles. The molecule has 0 saturated carbocycles. The van der Waals surface area contributed by atoms with Crippen LogP contribution in [0.3, 0.4) is 0 Å². The summed E-state index contributed by atoms with van der Waals surface area (Å²) in [6.45, 7) is 0. The number of aliphatic hydroxyl groups excluding tert-OH is 1. The predicted molar refractivity (Wildman–Crippen MR) is 43.5 cm³/mol. The molecule has 0 amide bonds. The minimum atomic E-state index is -0.497. The summed E-state index contributed by atoms with van der Waals surface area (Å²) in [5, 5.41) is 9.36. The largest absolute Gasteiger partial charge is 0.469 e. The summed E-state index contributed by atoms with van der Waals surface area (Å²) in [6, 6.07) is 0. The number of esters is 1. The third kappa shape index (κ3) is 2.10. The maximum Gasteiger partial charge on any atom is 0.312 e. The molecule has 1 heterocycles. The van der Waals surface area contributed by atoms with Crippen LogP contribution in [-0.4, -0.2) is 35.8 Å². The van der Waals surface area contributed by atoms with Crippen molar-refractivity contribution in [2.75, 3.05) is 18.6 Å². The van der Waals surface area contributed by atoms with Crippen molar-refractivity contribution in [3.05, 3.63) is 0 Å². The maximum atomic E-state index is 11.0. The van der Waals surface area contributed by atoms with Gasteiger partial charge in [0.2, 0.25) is 0 Å².